The Hall–Kier alpha value is -3.16. The lowest BCUT2D eigenvalue weighted by Crippen LogP contribution is -2.48. The molecule has 0 radical (unpaired) electrons. The van der Waals surface area contributed by atoms with E-state index in [2.05, 4.69) is 0 Å². The molecule has 1 heterocycles. The number of amides is 2. The molecule has 1 saturated carbocycles. The molecule has 1 fully saturated rings. The van der Waals surface area contributed by atoms with Crippen molar-refractivity contribution in [3.63, 3.8) is 0 Å². The molecule has 1 aliphatic rings. The summed E-state index contributed by atoms with van der Waals surface area (Å²) in [5.74, 6) is 1.54. The lowest BCUT2D eigenvalue weighted by atomic mass is 9.93. The van der Waals surface area contributed by atoms with Crippen LogP contribution in [-0.2, 0) is 17.8 Å². The summed E-state index contributed by atoms with van der Waals surface area (Å²) in [6.07, 6.45) is 7.06. The van der Waals surface area contributed by atoms with Gasteiger partial charge in [0.2, 0.25) is 5.91 Å². The maximum absolute atomic E-state index is 13.8. The van der Waals surface area contributed by atoms with Crippen LogP contribution in [0.3, 0.4) is 0 Å². The van der Waals surface area contributed by atoms with Gasteiger partial charge in [-0.25, -0.2) is 0 Å². The van der Waals surface area contributed by atoms with Gasteiger partial charge in [0.05, 0.1) is 37.6 Å². The lowest BCUT2D eigenvalue weighted by molar-refractivity contribution is -0.133. The van der Waals surface area contributed by atoms with Crippen molar-refractivity contribution in [3.8, 4) is 11.5 Å². The average molecular weight is 574 g/mol. The van der Waals surface area contributed by atoms with Gasteiger partial charge in [-0.3, -0.25) is 9.59 Å². The quantitative estimate of drug-likeness (QED) is 0.257. The number of rotatable bonds is 11. The first-order chi connectivity index (χ1) is 18.9. The van der Waals surface area contributed by atoms with Gasteiger partial charge in [-0.15, -0.1) is 0 Å². The third-order valence-corrected chi connectivity index (χ3v) is 7.69. The van der Waals surface area contributed by atoms with Crippen LogP contribution in [0, 0.1) is 0 Å². The highest BCUT2D eigenvalue weighted by Crippen LogP contribution is 2.29. The van der Waals surface area contributed by atoms with E-state index >= 15 is 0 Å². The Bertz CT molecular complexity index is 1260. The van der Waals surface area contributed by atoms with Crippen molar-refractivity contribution >= 4 is 35.0 Å². The summed E-state index contributed by atoms with van der Waals surface area (Å²) in [4.78, 5) is 31.0. The van der Waals surface area contributed by atoms with Crippen molar-refractivity contribution in [2.75, 3.05) is 27.3 Å². The molecule has 1 aliphatic carbocycles. The van der Waals surface area contributed by atoms with Crippen LogP contribution in [0.15, 0.2) is 59.2 Å². The number of hydrogen-bond donors (Lipinski definition) is 0. The van der Waals surface area contributed by atoms with E-state index in [0.29, 0.717) is 47.4 Å². The summed E-state index contributed by atoms with van der Waals surface area (Å²) in [5, 5.41) is 0.735. The molecule has 0 N–H and O–H groups in total. The molecule has 0 saturated heterocycles. The van der Waals surface area contributed by atoms with Gasteiger partial charge in [0.15, 0.2) is 11.5 Å². The van der Waals surface area contributed by atoms with Crippen LogP contribution >= 0.6 is 23.2 Å². The summed E-state index contributed by atoms with van der Waals surface area (Å²) in [6.45, 7) is 0.687. The van der Waals surface area contributed by atoms with E-state index in [1.165, 1.54) is 0 Å². The van der Waals surface area contributed by atoms with Crippen molar-refractivity contribution < 1.29 is 23.5 Å². The highest BCUT2D eigenvalue weighted by atomic mass is 35.5. The molecule has 2 amide bonds. The Kier molecular flexibility index (Phi) is 10.2. The second-order valence-electron chi connectivity index (χ2n) is 9.68. The molecule has 3 aromatic rings. The molecular formula is C30H34Cl2N2O5. The highest BCUT2D eigenvalue weighted by molar-refractivity contribution is 6.36. The number of furan rings is 1. The van der Waals surface area contributed by atoms with E-state index in [0.717, 1.165) is 37.7 Å². The standard InChI is InChI=1S/C30H34Cl2N2O5/c1-37-27-13-10-21(17-28(27)38-2)14-15-33(19-24-9-6-16-39-24)29(35)20-34(23-7-4-3-5-8-23)30(36)25-12-11-22(31)18-26(25)32/h6,9-13,16-18,23H,3-5,7-8,14-15,19-20H2,1-2H3. The topological polar surface area (TPSA) is 72.2 Å². The normalized spacial score (nSPS) is 13.6. The number of ether oxygens (including phenoxy) is 2. The van der Waals surface area contributed by atoms with Gasteiger partial charge in [0, 0.05) is 17.6 Å². The number of hydrogen-bond acceptors (Lipinski definition) is 5. The molecule has 7 nitrogen and oxygen atoms in total. The summed E-state index contributed by atoms with van der Waals surface area (Å²) >= 11 is 12.5. The van der Waals surface area contributed by atoms with Gasteiger partial charge in [0.1, 0.15) is 12.3 Å². The van der Waals surface area contributed by atoms with Gasteiger partial charge in [-0.2, -0.15) is 0 Å². The van der Waals surface area contributed by atoms with E-state index < -0.39 is 0 Å². The number of benzene rings is 2. The van der Waals surface area contributed by atoms with E-state index in [9.17, 15) is 9.59 Å². The van der Waals surface area contributed by atoms with Crippen LogP contribution in [0.25, 0.3) is 0 Å². The van der Waals surface area contributed by atoms with Crippen LogP contribution in [0.2, 0.25) is 10.0 Å². The second kappa shape index (κ2) is 13.8. The van der Waals surface area contributed by atoms with E-state index in [-0.39, 0.29) is 29.4 Å². The van der Waals surface area contributed by atoms with Gasteiger partial charge < -0.3 is 23.7 Å². The van der Waals surface area contributed by atoms with Crippen molar-refractivity contribution in [3.05, 3.63) is 81.7 Å². The van der Waals surface area contributed by atoms with Crippen LogP contribution in [0.5, 0.6) is 11.5 Å². The number of methoxy groups -OCH3 is 2. The average Bonchev–Trinajstić information content (AvgIpc) is 3.47. The first kappa shape index (κ1) is 28.8. The number of nitrogens with zero attached hydrogens (tertiary/aromatic N) is 2. The monoisotopic (exact) mass is 572 g/mol. The van der Waals surface area contributed by atoms with E-state index in [1.807, 2.05) is 24.3 Å². The summed E-state index contributed by atoms with van der Waals surface area (Å²) in [6, 6.07) is 14.2. The van der Waals surface area contributed by atoms with Crippen molar-refractivity contribution in [2.24, 2.45) is 0 Å². The van der Waals surface area contributed by atoms with Crippen molar-refractivity contribution in [1.29, 1.82) is 0 Å². The van der Waals surface area contributed by atoms with Crippen LogP contribution in [0.1, 0.15) is 53.8 Å². The third-order valence-electron chi connectivity index (χ3n) is 7.14. The van der Waals surface area contributed by atoms with Crippen molar-refractivity contribution in [1.82, 2.24) is 9.80 Å². The minimum atomic E-state index is -0.255. The Morgan fingerprint density at radius 2 is 1.74 bits per heavy atom. The zero-order valence-corrected chi connectivity index (χ0v) is 23.8. The maximum Gasteiger partial charge on any atom is 0.256 e. The van der Waals surface area contributed by atoms with Gasteiger partial charge in [-0.05, 0) is 67.3 Å². The van der Waals surface area contributed by atoms with Crippen LogP contribution < -0.4 is 9.47 Å². The molecule has 0 aliphatic heterocycles. The van der Waals surface area contributed by atoms with E-state index in [4.69, 9.17) is 37.1 Å². The first-order valence-corrected chi connectivity index (χ1v) is 13.9. The number of halogens is 2. The molecule has 39 heavy (non-hydrogen) atoms. The molecule has 208 valence electrons. The second-order valence-corrected chi connectivity index (χ2v) is 10.5. The zero-order valence-electron chi connectivity index (χ0n) is 22.3. The molecule has 4 rings (SSSR count). The van der Waals surface area contributed by atoms with Crippen molar-refractivity contribution in [2.45, 2.75) is 51.1 Å². The van der Waals surface area contributed by atoms with E-state index in [1.54, 1.807) is 54.5 Å². The van der Waals surface area contributed by atoms with Gasteiger partial charge in [0.25, 0.3) is 5.91 Å². The smallest absolute Gasteiger partial charge is 0.256 e. The van der Waals surface area contributed by atoms with Crippen LogP contribution in [0.4, 0.5) is 0 Å². The number of carbonyl (C=O) groups excluding carboxylic acids is 2. The molecule has 1 aromatic heterocycles. The Labute approximate surface area is 239 Å². The van der Waals surface area contributed by atoms with Crippen LogP contribution in [-0.4, -0.2) is 55.0 Å². The fourth-order valence-electron chi connectivity index (χ4n) is 5.01. The minimum absolute atomic E-state index is 0.0294. The Morgan fingerprint density at radius 1 is 0.974 bits per heavy atom. The zero-order chi connectivity index (χ0) is 27.8. The molecular weight excluding hydrogens is 539 g/mol. The fraction of sp³-hybridized carbons (Fsp3) is 0.400. The molecule has 9 heteroatoms. The predicted octanol–water partition coefficient (Wildman–Crippen LogP) is 6.65. The molecule has 0 unspecified atom stereocenters. The maximum atomic E-state index is 13.8. The van der Waals surface area contributed by atoms with Gasteiger partial charge >= 0.3 is 0 Å². The molecule has 0 atom stereocenters. The SMILES string of the molecule is COc1ccc(CCN(Cc2ccco2)C(=O)CN(C(=O)c2ccc(Cl)cc2Cl)C2CCCCC2)cc1OC. The molecule has 2 aromatic carbocycles. The largest absolute Gasteiger partial charge is 0.493 e. The summed E-state index contributed by atoms with van der Waals surface area (Å²) in [5.41, 5.74) is 1.35. The summed E-state index contributed by atoms with van der Waals surface area (Å²) < 4.78 is 16.3. The first-order valence-electron chi connectivity index (χ1n) is 13.2. The Balaban J connectivity index is 1.56. The Morgan fingerprint density at radius 3 is 2.41 bits per heavy atom. The summed E-state index contributed by atoms with van der Waals surface area (Å²) in [7, 11) is 3.19. The predicted molar refractivity (Wildman–Crippen MR) is 152 cm³/mol. The molecule has 0 spiro atoms. The lowest BCUT2D eigenvalue weighted by Gasteiger charge is -2.35. The highest BCUT2D eigenvalue weighted by Gasteiger charge is 2.31. The minimum Gasteiger partial charge on any atom is -0.493 e. The molecule has 0 bridgehead atoms. The third kappa shape index (κ3) is 7.49. The fourth-order valence-corrected chi connectivity index (χ4v) is 5.49. The number of carbonyl (C=O) groups is 2. The van der Waals surface area contributed by atoms with Gasteiger partial charge in [-0.1, -0.05) is 48.5 Å².